The van der Waals surface area contributed by atoms with Gasteiger partial charge in [0, 0.05) is 31.3 Å². The predicted octanol–water partition coefficient (Wildman–Crippen LogP) is 1.91. The molecule has 2 rings (SSSR count). The van der Waals surface area contributed by atoms with Crippen molar-refractivity contribution >= 4 is 23.6 Å². The Hall–Kier alpha value is -0.750. The maximum atomic E-state index is 12.8. The standard InChI is InChI=1S/C17H31N3O2S/c1-12(18)13-5-7-19(8-6-13)16(22)14-10-23-11-20(14)15(21)9-17(2,3)4/h12-14H,5-11,18H2,1-4H3. The minimum atomic E-state index is -0.276. The van der Waals surface area contributed by atoms with Crippen LogP contribution in [0.15, 0.2) is 0 Å². The van der Waals surface area contributed by atoms with Gasteiger partial charge in [-0.2, -0.15) is 0 Å². The van der Waals surface area contributed by atoms with E-state index >= 15 is 0 Å². The Kier molecular flexibility index (Phi) is 6.00. The van der Waals surface area contributed by atoms with E-state index in [1.807, 2.05) is 11.8 Å². The lowest BCUT2D eigenvalue weighted by atomic mass is 9.90. The molecule has 0 aliphatic carbocycles. The fourth-order valence-electron chi connectivity index (χ4n) is 3.30. The third-order valence-electron chi connectivity index (χ3n) is 4.76. The maximum absolute atomic E-state index is 12.8. The zero-order chi connectivity index (χ0) is 17.2. The van der Waals surface area contributed by atoms with Crippen LogP contribution >= 0.6 is 11.8 Å². The second-order valence-electron chi connectivity index (χ2n) is 8.14. The van der Waals surface area contributed by atoms with Crippen molar-refractivity contribution in [3.63, 3.8) is 0 Å². The molecule has 23 heavy (non-hydrogen) atoms. The van der Waals surface area contributed by atoms with Crippen molar-refractivity contribution in [2.24, 2.45) is 17.1 Å². The van der Waals surface area contributed by atoms with Crippen molar-refractivity contribution < 1.29 is 9.59 Å². The average molecular weight is 342 g/mol. The summed E-state index contributed by atoms with van der Waals surface area (Å²) in [6.45, 7) is 9.76. The summed E-state index contributed by atoms with van der Waals surface area (Å²) in [4.78, 5) is 29.1. The molecular weight excluding hydrogens is 310 g/mol. The van der Waals surface area contributed by atoms with Gasteiger partial charge < -0.3 is 15.5 Å². The van der Waals surface area contributed by atoms with E-state index in [1.54, 1.807) is 16.7 Å². The van der Waals surface area contributed by atoms with Crippen LogP contribution in [0, 0.1) is 11.3 Å². The number of rotatable bonds is 3. The largest absolute Gasteiger partial charge is 0.341 e. The van der Waals surface area contributed by atoms with E-state index in [-0.39, 0.29) is 29.3 Å². The van der Waals surface area contributed by atoms with Crippen molar-refractivity contribution in [2.45, 2.75) is 59.0 Å². The first kappa shape index (κ1) is 18.6. The van der Waals surface area contributed by atoms with Gasteiger partial charge >= 0.3 is 0 Å². The smallest absolute Gasteiger partial charge is 0.246 e. The molecule has 2 aliphatic heterocycles. The first-order chi connectivity index (χ1) is 10.7. The van der Waals surface area contributed by atoms with Crippen LogP contribution in [-0.2, 0) is 9.59 Å². The van der Waals surface area contributed by atoms with E-state index < -0.39 is 0 Å². The highest BCUT2D eigenvalue weighted by Gasteiger charge is 2.38. The third kappa shape index (κ3) is 4.86. The molecule has 2 fully saturated rings. The van der Waals surface area contributed by atoms with E-state index in [9.17, 15) is 9.59 Å². The molecule has 2 atom stereocenters. The van der Waals surface area contributed by atoms with Crippen LogP contribution in [0.5, 0.6) is 0 Å². The summed E-state index contributed by atoms with van der Waals surface area (Å²) in [7, 11) is 0. The molecule has 2 heterocycles. The minimum absolute atomic E-state index is 0.0481. The van der Waals surface area contributed by atoms with E-state index in [2.05, 4.69) is 20.8 Å². The van der Waals surface area contributed by atoms with Gasteiger partial charge in [0.05, 0.1) is 5.88 Å². The summed E-state index contributed by atoms with van der Waals surface area (Å²) < 4.78 is 0. The lowest BCUT2D eigenvalue weighted by Crippen LogP contribution is -2.52. The van der Waals surface area contributed by atoms with Crippen molar-refractivity contribution in [3.05, 3.63) is 0 Å². The van der Waals surface area contributed by atoms with E-state index in [0.717, 1.165) is 31.7 Å². The molecule has 6 heteroatoms. The van der Waals surface area contributed by atoms with Crippen LogP contribution in [0.1, 0.15) is 47.0 Å². The number of likely N-dealkylation sites (tertiary alicyclic amines) is 1. The van der Waals surface area contributed by atoms with Crippen molar-refractivity contribution in [2.75, 3.05) is 24.7 Å². The van der Waals surface area contributed by atoms with Crippen LogP contribution in [-0.4, -0.2) is 58.4 Å². The zero-order valence-electron chi connectivity index (χ0n) is 14.9. The Labute approximate surface area is 144 Å². The number of carbonyl (C=O) groups excluding carboxylic acids is 2. The van der Waals surface area contributed by atoms with Crippen molar-refractivity contribution in [3.8, 4) is 0 Å². The lowest BCUT2D eigenvalue weighted by molar-refractivity contribution is -0.145. The molecule has 2 amide bonds. The van der Waals surface area contributed by atoms with Gasteiger partial charge in [-0.15, -0.1) is 11.8 Å². The first-order valence-electron chi connectivity index (χ1n) is 8.60. The van der Waals surface area contributed by atoms with Gasteiger partial charge in [0.15, 0.2) is 0 Å². The molecule has 132 valence electrons. The van der Waals surface area contributed by atoms with Gasteiger partial charge in [0.2, 0.25) is 11.8 Å². The molecular formula is C17H31N3O2S. The molecule has 0 saturated carbocycles. The van der Waals surface area contributed by atoms with Crippen LogP contribution in [0.25, 0.3) is 0 Å². The number of hydrogen-bond acceptors (Lipinski definition) is 4. The Balaban J connectivity index is 1.95. The molecule has 0 aromatic carbocycles. The topological polar surface area (TPSA) is 66.6 Å². The minimum Gasteiger partial charge on any atom is -0.341 e. The molecule has 0 aromatic heterocycles. The highest BCUT2D eigenvalue weighted by molar-refractivity contribution is 7.99. The van der Waals surface area contributed by atoms with Crippen LogP contribution in [0.3, 0.4) is 0 Å². The molecule has 5 nitrogen and oxygen atoms in total. The molecule has 2 unspecified atom stereocenters. The molecule has 2 saturated heterocycles. The van der Waals surface area contributed by atoms with Gasteiger partial charge in [-0.25, -0.2) is 0 Å². The monoisotopic (exact) mass is 341 g/mol. The quantitative estimate of drug-likeness (QED) is 0.851. The highest BCUT2D eigenvalue weighted by Crippen LogP contribution is 2.28. The number of piperidine rings is 1. The van der Waals surface area contributed by atoms with Crippen LogP contribution < -0.4 is 5.73 Å². The summed E-state index contributed by atoms with van der Waals surface area (Å²) in [6.07, 6.45) is 2.43. The molecule has 0 bridgehead atoms. The Bertz CT molecular complexity index is 440. The summed E-state index contributed by atoms with van der Waals surface area (Å²) in [6, 6.07) is -0.0825. The summed E-state index contributed by atoms with van der Waals surface area (Å²) >= 11 is 1.68. The fraction of sp³-hybridized carbons (Fsp3) is 0.882. The predicted molar refractivity (Wildman–Crippen MR) is 95.0 cm³/mol. The van der Waals surface area contributed by atoms with Crippen LogP contribution in [0.4, 0.5) is 0 Å². The normalized spacial score (nSPS) is 24.8. The summed E-state index contributed by atoms with van der Waals surface area (Å²) in [5, 5.41) is 0. The number of amides is 2. The second kappa shape index (κ2) is 7.43. The summed E-state index contributed by atoms with van der Waals surface area (Å²) in [5.41, 5.74) is 5.92. The molecule has 0 aromatic rings. The molecule has 0 radical (unpaired) electrons. The van der Waals surface area contributed by atoms with Crippen molar-refractivity contribution in [1.82, 2.24) is 9.80 Å². The van der Waals surface area contributed by atoms with E-state index in [1.165, 1.54) is 0 Å². The SMILES string of the molecule is CC(N)C1CCN(C(=O)C2CSCN2C(=O)CC(C)(C)C)CC1. The van der Waals surface area contributed by atoms with Crippen molar-refractivity contribution in [1.29, 1.82) is 0 Å². The average Bonchev–Trinajstić information content (AvgIpc) is 2.94. The zero-order valence-corrected chi connectivity index (χ0v) is 15.7. The van der Waals surface area contributed by atoms with Gasteiger partial charge in [-0.3, -0.25) is 9.59 Å². The summed E-state index contributed by atoms with van der Waals surface area (Å²) in [5.74, 6) is 2.10. The Morgan fingerprint density at radius 3 is 2.39 bits per heavy atom. The number of thioether (sulfide) groups is 1. The highest BCUT2D eigenvalue weighted by atomic mass is 32.2. The Morgan fingerprint density at radius 2 is 1.87 bits per heavy atom. The van der Waals surface area contributed by atoms with Gasteiger partial charge in [-0.05, 0) is 31.1 Å². The van der Waals surface area contributed by atoms with Gasteiger partial charge in [-0.1, -0.05) is 20.8 Å². The third-order valence-corrected chi connectivity index (χ3v) is 5.78. The lowest BCUT2D eigenvalue weighted by Gasteiger charge is -2.36. The molecule has 2 aliphatic rings. The second-order valence-corrected chi connectivity index (χ2v) is 9.14. The Morgan fingerprint density at radius 1 is 1.26 bits per heavy atom. The molecule has 0 spiro atoms. The van der Waals surface area contributed by atoms with Gasteiger partial charge in [0.25, 0.3) is 0 Å². The first-order valence-corrected chi connectivity index (χ1v) is 9.76. The van der Waals surface area contributed by atoms with E-state index in [4.69, 9.17) is 5.73 Å². The number of nitrogens with two attached hydrogens (primary N) is 1. The van der Waals surface area contributed by atoms with Gasteiger partial charge in [0.1, 0.15) is 6.04 Å². The van der Waals surface area contributed by atoms with E-state index in [0.29, 0.717) is 18.2 Å². The number of nitrogens with zero attached hydrogens (tertiary/aromatic N) is 2. The number of carbonyl (C=O) groups is 2. The maximum Gasteiger partial charge on any atom is 0.246 e. The van der Waals surface area contributed by atoms with Crippen LogP contribution in [0.2, 0.25) is 0 Å². The number of hydrogen-bond donors (Lipinski definition) is 1. The fourth-order valence-corrected chi connectivity index (χ4v) is 4.48. The molecule has 2 N–H and O–H groups in total.